The maximum absolute atomic E-state index is 8.52. The molecule has 12 nitrogen and oxygen atoms in total. The van der Waals surface area contributed by atoms with Crippen LogP contribution in [-0.4, -0.2) is 103 Å². The van der Waals surface area contributed by atoms with Crippen molar-refractivity contribution in [2.24, 2.45) is 0 Å². The SMILES string of the molecule is C[Si](C)(C)O[Si]1(c2ccccc2)O[Si](O[Si](C)(C)C)(c2ccccc2)O[Si](O[Si](C)(C)C)(c2ccccc2)O[Si](O[Si](C)(C)C)(c2ccccc2)O[Si](O[Si](C)(C)C)(c2ccccc2)O[Si](O[Si](C)(C)C)(c2ccccc2)O1. The van der Waals surface area contributed by atoms with E-state index in [0.717, 1.165) is 0 Å². The van der Waals surface area contributed by atoms with Gasteiger partial charge in [-0.1, -0.05) is 182 Å². The lowest BCUT2D eigenvalue weighted by Crippen LogP contribution is -2.84. The fourth-order valence-corrected chi connectivity index (χ4v) is 58.4. The van der Waals surface area contributed by atoms with E-state index < -0.39 is 103 Å². The van der Waals surface area contributed by atoms with Crippen LogP contribution in [0.25, 0.3) is 0 Å². The van der Waals surface area contributed by atoms with E-state index in [0.29, 0.717) is 31.1 Å². The van der Waals surface area contributed by atoms with Crippen molar-refractivity contribution in [3.8, 4) is 0 Å². The summed E-state index contributed by atoms with van der Waals surface area (Å²) in [5.74, 6) is 0. The summed E-state index contributed by atoms with van der Waals surface area (Å²) in [7, 11) is -45.4. The summed E-state index contributed by atoms with van der Waals surface area (Å²) in [6, 6.07) is 60.2. The molecule has 0 aromatic heterocycles. The maximum Gasteiger partial charge on any atom is 0.512 e. The van der Waals surface area contributed by atoms with Gasteiger partial charge in [0.2, 0.25) is 0 Å². The summed E-state index contributed by atoms with van der Waals surface area (Å²) in [6.45, 7) is 38.7. The lowest BCUT2D eigenvalue weighted by molar-refractivity contribution is 0.106. The van der Waals surface area contributed by atoms with Crippen LogP contribution in [0, 0.1) is 0 Å². The van der Waals surface area contributed by atoms with Gasteiger partial charge >= 0.3 is 52.8 Å². The van der Waals surface area contributed by atoms with Gasteiger partial charge in [-0.25, -0.2) is 0 Å². The lowest BCUT2D eigenvalue weighted by atomic mass is 10.4. The van der Waals surface area contributed by atoms with E-state index in [2.05, 4.69) is 118 Å². The summed E-state index contributed by atoms with van der Waals surface area (Å²) in [4.78, 5) is 0. The second-order valence-corrected chi connectivity index (χ2v) is 70.7. The van der Waals surface area contributed by atoms with Gasteiger partial charge in [-0.15, -0.1) is 0 Å². The van der Waals surface area contributed by atoms with Gasteiger partial charge in [-0.2, -0.15) is 0 Å². The van der Waals surface area contributed by atoms with E-state index in [-0.39, 0.29) is 0 Å². The van der Waals surface area contributed by atoms with Gasteiger partial charge in [0.15, 0.2) is 49.9 Å². The van der Waals surface area contributed by atoms with Crippen molar-refractivity contribution >= 4 is 134 Å². The quantitative estimate of drug-likeness (QED) is 0.0764. The zero-order valence-corrected chi connectivity index (χ0v) is 61.2. The van der Waals surface area contributed by atoms with Crippen molar-refractivity contribution in [2.45, 2.75) is 118 Å². The first-order valence-electron chi connectivity index (χ1n) is 26.9. The second kappa shape index (κ2) is 24.0. The molecule has 0 radical (unpaired) electrons. The van der Waals surface area contributed by atoms with Gasteiger partial charge in [0, 0.05) is 31.1 Å². The van der Waals surface area contributed by atoms with Crippen LogP contribution in [-0.2, 0) is 49.4 Å². The Morgan fingerprint density at radius 1 is 0.192 bits per heavy atom. The molecule has 6 aromatic rings. The predicted octanol–water partition coefficient (Wildman–Crippen LogP) is 10.3. The summed E-state index contributed by atoms with van der Waals surface area (Å²) < 4.78 is 98.8. The zero-order chi connectivity index (χ0) is 57.2. The van der Waals surface area contributed by atoms with Crippen molar-refractivity contribution < 1.29 is 49.4 Å². The summed E-state index contributed by atoms with van der Waals surface area (Å²) >= 11 is 0. The van der Waals surface area contributed by atoms with Gasteiger partial charge < -0.3 is 49.4 Å². The van der Waals surface area contributed by atoms with Gasteiger partial charge in [0.1, 0.15) is 0 Å². The van der Waals surface area contributed by atoms with E-state index in [1.807, 2.05) is 182 Å². The Kier molecular flexibility index (Phi) is 19.4. The first-order valence-corrected chi connectivity index (χ1v) is 57.7. The molecule has 0 atom stereocenters. The molecule has 1 heterocycles. The highest BCUT2D eigenvalue weighted by Crippen LogP contribution is 2.39. The Morgan fingerprint density at radius 2 is 0.295 bits per heavy atom. The van der Waals surface area contributed by atoms with E-state index in [4.69, 9.17) is 49.4 Å². The summed E-state index contributed by atoms with van der Waals surface area (Å²) in [5.41, 5.74) is 0. The van der Waals surface area contributed by atoms with Crippen LogP contribution in [0.4, 0.5) is 0 Å². The average Bonchev–Trinajstić information content (AvgIpc) is 3.32. The molecule has 7 rings (SSSR count). The smallest absolute Gasteiger partial charge is 0.413 e. The summed E-state index contributed by atoms with van der Waals surface area (Å²) in [5, 5.41) is 4.02. The third kappa shape index (κ3) is 16.4. The van der Waals surface area contributed by atoms with Crippen LogP contribution in [0.15, 0.2) is 182 Å². The minimum Gasteiger partial charge on any atom is -0.413 e. The molecule has 0 bridgehead atoms. The topological polar surface area (TPSA) is 111 Å². The van der Waals surface area contributed by atoms with E-state index in [1.165, 1.54) is 0 Å². The van der Waals surface area contributed by atoms with Crippen LogP contribution in [0.3, 0.4) is 0 Å². The van der Waals surface area contributed by atoms with Crippen LogP contribution in [0.1, 0.15) is 0 Å². The maximum atomic E-state index is 8.52. The van der Waals surface area contributed by atoms with Crippen molar-refractivity contribution in [3.63, 3.8) is 0 Å². The van der Waals surface area contributed by atoms with Crippen LogP contribution < -0.4 is 31.1 Å². The molecule has 420 valence electrons. The third-order valence-corrected chi connectivity index (χ3v) is 51.3. The normalized spacial score (nSPS) is 26.4. The van der Waals surface area contributed by atoms with Crippen molar-refractivity contribution in [1.29, 1.82) is 0 Å². The summed E-state index contributed by atoms with van der Waals surface area (Å²) in [6.07, 6.45) is 0. The molecule has 0 N–H and O–H groups in total. The molecule has 0 aliphatic carbocycles. The van der Waals surface area contributed by atoms with E-state index >= 15 is 0 Å². The predicted molar refractivity (Wildman–Crippen MR) is 344 cm³/mol. The molecule has 0 amide bonds. The highest BCUT2D eigenvalue weighted by Gasteiger charge is 2.74. The Hall–Kier alpha value is -2.56. The van der Waals surface area contributed by atoms with Crippen LogP contribution >= 0.6 is 0 Å². The molecule has 1 saturated heterocycles. The highest BCUT2D eigenvalue weighted by atomic mass is 28.6. The highest BCUT2D eigenvalue weighted by molar-refractivity contribution is 7.07. The van der Waals surface area contributed by atoms with E-state index in [9.17, 15) is 0 Å². The van der Waals surface area contributed by atoms with Gasteiger partial charge in [0.25, 0.3) is 0 Å². The average molecular weight is 1260 g/mol. The molecular weight excluding hydrogens is 1180 g/mol. The number of benzene rings is 6. The molecule has 78 heavy (non-hydrogen) atoms. The fraction of sp³-hybridized carbons (Fsp3) is 0.333. The number of hydrogen-bond donors (Lipinski definition) is 0. The van der Waals surface area contributed by atoms with Crippen LogP contribution in [0.5, 0.6) is 0 Å². The van der Waals surface area contributed by atoms with Gasteiger partial charge in [-0.05, 0) is 118 Å². The monoisotopic (exact) mass is 1260 g/mol. The van der Waals surface area contributed by atoms with E-state index in [1.54, 1.807) is 0 Å². The Labute approximate surface area is 479 Å². The molecule has 0 spiro atoms. The van der Waals surface area contributed by atoms with Gasteiger partial charge in [0.05, 0.1) is 0 Å². The Balaban J connectivity index is 1.85. The zero-order valence-electron chi connectivity index (χ0n) is 49.2. The van der Waals surface area contributed by atoms with Crippen molar-refractivity contribution in [3.05, 3.63) is 182 Å². The number of rotatable bonds is 18. The molecule has 24 heteroatoms. The third-order valence-electron chi connectivity index (χ3n) is 11.0. The molecule has 0 unspecified atom stereocenters. The van der Waals surface area contributed by atoms with Crippen molar-refractivity contribution in [1.82, 2.24) is 0 Å². The second-order valence-electron chi connectivity index (χ2n) is 25.4. The molecular formula is C54H84O12Si12. The standard InChI is InChI=1S/C54H84O12Si12/c1-67(2,3)55-73(49-37-25-19-26-38-49)61-74(56-68(4,5)6,50-39-27-20-28-40-50)63-76(58-70(10,11)12,52-43-31-22-32-44-52)65-78(60-72(16,17)18,54-47-35-24-36-48-54)66-77(59-71(13,14)15,53-45-33-23-34-46-53)64-75(62-73,57-69(7,8)9)51-41-29-21-30-42-51/h19-48H,1-18H3. The molecule has 0 saturated carbocycles. The molecule has 1 aliphatic rings. The number of hydrogen-bond acceptors (Lipinski definition) is 12. The minimum atomic E-state index is -4.73. The minimum absolute atomic E-state index is 0.670. The first kappa shape index (κ1) is 63.0. The Bertz CT molecular complexity index is 2330. The lowest BCUT2D eigenvalue weighted by Gasteiger charge is -2.53. The fourth-order valence-electron chi connectivity index (χ4n) is 8.77. The van der Waals surface area contributed by atoms with Gasteiger partial charge in [-0.3, -0.25) is 0 Å². The molecule has 1 aliphatic heterocycles. The van der Waals surface area contributed by atoms with Crippen molar-refractivity contribution in [2.75, 3.05) is 0 Å². The van der Waals surface area contributed by atoms with Crippen LogP contribution in [0.2, 0.25) is 118 Å². The Morgan fingerprint density at radius 3 is 0.385 bits per heavy atom. The largest absolute Gasteiger partial charge is 0.512 e. The first-order chi connectivity index (χ1) is 36.1. The molecule has 1 fully saturated rings. The molecule has 6 aromatic carbocycles.